The maximum Gasteiger partial charge on any atom is 0.0165 e. The topological polar surface area (TPSA) is 12.0 Å². The fourth-order valence-electron chi connectivity index (χ4n) is 1.91. The Morgan fingerprint density at radius 1 is 1.31 bits per heavy atom. The molecule has 0 aromatic heterocycles. The Balaban J connectivity index is 2.07. The highest BCUT2D eigenvalue weighted by molar-refractivity contribution is 14.1. The van der Waals surface area contributed by atoms with Crippen LogP contribution in [-0.2, 0) is 0 Å². The second-order valence-corrected chi connectivity index (χ2v) is 4.84. The van der Waals surface area contributed by atoms with Crippen LogP contribution in [0.1, 0.15) is 24.3 Å². The molecule has 0 atom stereocenters. The van der Waals surface area contributed by atoms with Gasteiger partial charge in [-0.1, -0.05) is 18.2 Å². The van der Waals surface area contributed by atoms with Gasteiger partial charge in [0.05, 0.1) is 0 Å². The first kappa shape index (κ1) is 9.46. The van der Waals surface area contributed by atoms with Gasteiger partial charge in [0.1, 0.15) is 0 Å². The molecular formula is C11H14IN. The molecule has 1 aromatic rings. The zero-order valence-corrected chi connectivity index (χ0v) is 9.91. The smallest absolute Gasteiger partial charge is 0.0165 e. The highest BCUT2D eigenvalue weighted by Gasteiger charge is 2.29. The molecule has 70 valence electrons. The van der Waals surface area contributed by atoms with Gasteiger partial charge in [0.25, 0.3) is 0 Å². The van der Waals surface area contributed by atoms with Crippen LogP contribution in [0.2, 0.25) is 0 Å². The standard InChI is InChI=1S/C11H14IN/c1-13-9-6-8(7-9)10-4-2-3-5-11(10)12/h2-5,8-9,13H,6-7H2,1H3. The molecule has 1 aliphatic rings. The van der Waals surface area contributed by atoms with Crippen LogP contribution in [0.3, 0.4) is 0 Å². The van der Waals surface area contributed by atoms with E-state index >= 15 is 0 Å². The maximum absolute atomic E-state index is 3.32. The molecule has 0 amide bonds. The van der Waals surface area contributed by atoms with Gasteiger partial charge in [-0.05, 0) is 60.0 Å². The SMILES string of the molecule is CNC1CC(c2ccccc2I)C1. The van der Waals surface area contributed by atoms with Crippen molar-refractivity contribution in [3.63, 3.8) is 0 Å². The predicted octanol–water partition coefficient (Wildman–Crippen LogP) is 2.76. The molecule has 0 unspecified atom stereocenters. The zero-order chi connectivity index (χ0) is 9.26. The second kappa shape index (κ2) is 3.96. The molecule has 2 heteroatoms. The van der Waals surface area contributed by atoms with E-state index in [-0.39, 0.29) is 0 Å². The molecule has 0 heterocycles. The molecule has 0 radical (unpaired) electrons. The van der Waals surface area contributed by atoms with Gasteiger partial charge in [0.15, 0.2) is 0 Å². The summed E-state index contributed by atoms with van der Waals surface area (Å²) in [4.78, 5) is 0. The largest absolute Gasteiger partial charge is 0.317 e. The van der Waals surface area contributed by atoms with E-state index in [1.54, 1.807) is 0 Å². The van der Waals surface area contributed by atoms with Crippen molar-refractivity contribution in [2.24, 2.45) is 0 Å². The summed E-state index contributed by atoms with van der Waals surface area (Å²) in [5, 5.41) is 3.32. The Morgan fingerprint density at radius 2 is 2.00 bits per heavy atom. The zero-order valence-electron chi connectivity index (χ0n) is 7.76. The molecule has 1 aliphatic carbocycles. The molecule has 0 spiro atoms. The average molecular weight is 287 g/mol. The van der Waals surface area contributed by atoms with Gasteiger partial charge in [0.2, 0.25) is 0 Å². The number of hydrogen-bond donors (Lipinski definition) is 1. The minimum Gasteiger partial charge on any atom is -0.317 e. The van der Waals surface area contributed by atoms with E-state index in [1.807, 2.05) is 0 Å². The molecule has 13 heavy (non-hydrogen) atoms. The van der Waals surface area contributed by atoms with E-state index in [2.05, 4.69) is 59.2 Å². The fourth-order valence-corrected chi connectivity index (χ4v) is 2.74. The van der Waals surface area contributed by atoms with Crippen LogP contribution in [0.4, 0.5) is 0 Å². The Bertz CT molecular complexity index is 292. The molecule has 0 saturated heterocycles. The van der Waals surface area contributed by atoms with Crippen molar-refractivity contribution < 1.29 is 0 Å². The van der Waals surface area contributed by atoms with Crippen LogP contribution in [0, 0.1) is 3.57 Å². The molecule has 1 aromatic carbocycles. The van der Waals surface area contributed by atoms with Crippen LogP contribution in [0.15, 0.2) is 24.3 Å². The van der Waals surface area contributed by atoms with Gasteiger partial charge in [-0.15, -0.1) is 0 Å². The van der Waals surface area contributed by atoms with Gasteiger partial charge >= 0.3 is 0 Å². The fraction of sp³-hybridized carbons (Fsp3) is 0.455. The van der Waals surface area contributed by atoms with E-state index in [9.17, 15) is 0 Å². The molecule has 0 bridgehead atoms. The minimum atomic E-state index is 0.751. The van der Waals surface area contributed by atoms with Crippen LogP contribution in [-0.4, -0.2) is 13.1 Å². The average Bonchev–Trinajstić information content (AvgIpc) is 2.06. The van der Waals surface area contributed by atoms with E-state index < -0.39 is 0 Å². The number of hydrogen-bond acceptors (Lipinski definition) is 1. The Kier molecular flexibility index (Phi) is 2.89. The normalized spacial score (nSPS) is 26.9. The quantitative estimate of drug-likeness (QED) is 0.825. The first-order valence-electron chi connectivity index (χ1n) is 4.73. The minimum absolute atomic E-state index is 0.751. The summed E-state index contributed by atoms with van der Waals surface area (Å²) in [7, 11) is 2.05. The van der Waals surface area contributed by atoms with Crippen molar-refractivity contribution in [2.75, 3.05) is 7.05 Å². The van der Waals surface area contributed by atoms with Crippen LogP contribution >= 0.6 is 22.6 Å². The second-order valence-electron chi connectivity index (χ2n) is 3.68. The molecule has 2 rings (SSSR count). The first-order valence-corrected chi connectivity index (χ1v) is 5.81. The lowest BCUT2D eigenvalue weighted by molar-refractivity contribution is 0.306. The highest BCUT2D eigenvalue weighted by Crippen LogP contribution is 2.38. The Morgan fingerprint density at radius 3 is 2.62 bits per heavy atom. The number of benzene rings is 1. The summed E-state index contributed by atoms with van der Waals surface area (Å²) >= 11 is 2.43. The third-order valence-electron chi connectivity index (χ3n) is 2.89. The first-order chi connectivity index (χ1) is 6.31. The summed E-state index contributed by atoms with van der Waals surface area (Å²) in [6, 6.07) is 9.46. The van der Waals surface area contributed by atoms with E-state index in [4.69, 9.17) is 0 Å². The lowest BCUT2D eigenvalue weighted by Gasteiger charge is -2.35. The van der Waals surface area contributed by atoms with Gasteiger partial charge in [-0.2, -0.15) is 0 Å². The van der Waals surface area contributed by atoms with Gasteiger partial charge in [-0.25, -0.2) is 0 Å². The molecule has 1 N–H and O–H groups in total. The van der Waals surface area contributed by atoms with Crippen molar-refractivity contribution in [1.29, 1.82) is 0 Å². The Hall–Kier alpha value is -0.0900. The van der Waals surface area contributed by atoms with E-state index in [0.717, 1.165) is 12.0 Å². The predicted molar refractivity (Wildman–Crippen MR) is 64.0 cm³/mol. The van der Waals surface area contributed by atoms with Gasteiger partial charge in [-0.3, -0.25) is 0 Å². The molecule has 1 nitrogen and oxygen atoms in total. The summed E-state index contributed by atoms with van der Waals surface area (Å²) in [6.07, 6.45) is 2.60. The van der Waals surface area contributed by atoms with E-state index in [1.165, 1.54) is 22.0 Å². The molecule has 1 saturated carbocycles. The van der Waals surface area contributed by atoms with Crippen molar-refractivity contribution in [3.8, 4) is 0 Å². The van der Waals surface area contributed by atoms with E-state index in [0.29, 0.717) is 0 Å². The summed E-state index contributed by atoms with van der Waals surface area (Å²) < 4.78 is 1.42. The number of rotatable bonds is 2. The monoisotopic (exact) mass is 287 g/mol. The Labute approximate surface area is 93.1 Å². The third-order valence-corrected chi connectivity index (χ3v) is 3.87. The highest BCUT2D eigenvalue weighted by atomic mass is 127. The maximum atomic E-state index is 3.32. The molecule has 0 aliphatic heterocycles. The molecule has 1 fully saturated rings. The van der Waals surface area contributed by atoms with Crippen molar-refractivity contribution in [3.05, 3.63) is 33.4 Å². The van der Waals surface area contributed by atoms with Crippen LogP contribution < -0.4 is 5.32 Å². The lowest BCUT2D eigenvalue weighted by atomic mass is 9.76. The summed E-state index contributed by atoms with van der Waals surface area (Å²) in [5.41, 5.74) is 1.54. The van der Waals surface area contributed by atoms with Crippen LogP contribution in [0.25, 0.3) is 0 Å². The van der Waals surface area contributed by atoms with Crippen molar-refractivity contribution >= 4 is 22.6 Å². The van der Waals surface area contributed by atoms with Crippen molar-refractivity contribution in [2.45, 2.75) is 24.8 Å². The van der Waals surface area contributed by atoms with Gasteiger partial charge in [0, 0.05) is 9.61 Å². The summed E-state index contributed by atoms with van der Waals surface area (Å²) in [5.74, 6) is 0.797. The number of nitrogens with one attached hydrogen (secondary N) is 1. The lowest BCUT2D eigenvalue weighted by Crippen LogP contribution is -2.37. The third kappa shape index (κ3) is 1.89. The number of halogens is 1. The van der Waals surface area contributed by atoms with Crippen molar-refractivity contribution in [1.82, 2.24) is 5.32 Å². The summed E-state index contributed by atoms with van der Waals surface area (Å²) in [6.45, 7) is 0. The molecular weight excluding hydrogens is 273 g/mol. The van der Waals surface area contributed by atoms with Crippen LogP contribution in [0.5, 0.6) is 0 Å². The van der Waals surface area contributed by atoms with Gasteiger partial charge < -0.3 is 5.32 Å².